The molecule has 3 rings (SSSR count). The van der Waals surface area contributed by atoms with Gasteiger partial charge in [-0.25, -0.2) is 4.39 Å². The van der Waals surface area contributed by atoms with E-state index in [-0.39, 0.29) is 11.7 Å². The molecular weight excluding hydrogens is 299 g/mol. The first kappa shape index (κ1) is 14.4. The number of benzene rings is 2. The van der Waals surface area contributed by atoms with Gasteiger partial charge in [0.15, 0.2) is 5.11 Å². The van der Waals surface area contributed by atoms with Crippen LogP contribution < -0.4 is 4.90 Å². The molecule has 2 aromatic carbocycles. The second kappa shape index (κ2) is 5.69. The molecule has 0 radical (unpaired) electrons. The fourth-order valence-corrected chi connectivity index (χ4v) is 2.56. The van der Waals surface area contributed by atoms with Crippen LogP contribution in [0.3, 0.4) is 0 Å². The summed E-state index contributed by atoms with van der Waals surface area (Å²) >= 11 is 5.37. The van der Waals surface area contributed by atoms with Crippen LogP contribution in [-0.2, 0) is 4.79 Å². The molecular formula is C17H13FN2OS. The Morgan fingerprint density at radius 1 is 1.05 bits per heavy atom. The second-order valence-corrected chi connectivity index (χ2v) is 5.26. The Kier molecular flexibility index (Phi) is 3.73. The first-order valence-electron chi connectivity index (χ1n) is 6.72. The van der Waals surface area contributed by atoms with Gasteiger partial charge in [-0.15, -0.1) is 0 Å². The standard InChI is InChI=1S/C17H13FN2OS/c1-19-15(11-12-7-9-13(18)10-8-12)16(21)20(17(19)22)14-5-3-2-4-6-14/h2-11H,1H3/b15-11+. The van der Waals surface area contributed by atoms with Crippen molar-refractivity contribution in [3.05, 3.63) is 71.7 Å². The maximum Gasteiger partial charge on any atom is 0.281 e. The Morgan fingerprint density at radius 2 is 1.68 bits per heavy atom. The SMILES string of the molecule is CN1C(=S)N(c2ccccc2)C(=O)/C1=C\c1ccc(F)cc1. The minimum atomic E-state index is -0.310. The summed E-state index contributed by atoms with van der Waals surface area (Å²) in [5, 5.41) is 0.421. The van der Waals surface area contributed by atoms with Crippen molar-refractivity contribution in [2.75, 3.05) is 11.9 Å². The van der Waals surface area contributed by atoms with Gasteiger partial charge in [0.05, 0.1) is 5.69 Å². The third-order valence-electron chi connectivity index (χ3n) is 3.45. The fraction of sp³-hybridized carbons (Fsp3) is 0.0588. The highest BCUT2D eigenvalue weighted by molar-refractivity contribution is 7.80. The number of anilines is 1. The molecule has 1 aliphatic rings. The molecule has 22 heavy (non-hydrogen) atoms. The molecule has 110 valence electrons. The molecule has 0 saturated carbocycles. The first-order valence-corrected chi connectivity index (χ1v) is 7.13. The van der Waals surface area contributed by atoms with Crippen molar-refractivity contribution in [3.63, 3.8) is 0 Å². The molecule has 0 aliphatic carbocycles. The summed E-state index contributed by atoms with van der Waals surface area (Å²) in [6, 6.07) is 15.2. The van der Waals surface area contributed by atoms with Crippen molar-refractivity contribution < 1.29 is 9.18 Å². The van der Waals surface area contributed by atoms with Crippen LogP contribution in [0.5, 0.6) is 0 Å². The van der Waals surface area contributed by atoms with Gasteiger partial charge in [-0.05, 0) is 48.1 Å². The molecule has 0 bridgehead atoms. The summed E-state index contributed by atoms with van der Waals surface area (Å²) in [6.07, 6.45) is 1.71. The Labute approximate surface area is 133 Å². The van der Waals surface area contributed by atoms with E-state index in [9.17, 15) is 9.18 Å². The van der Waals surface area contributed by atoms with Gasteiger partial charge in [0.2, 0.25) is 0 Å². The highest BCUT2D eigenvalue weighted by Crippen LogP contribution is 2.27. The van der Waals surface area contributed by atoms with E-state index in [1.807, 2.05) is 30.3 Å². The lowest BCUT2D eigenvalue weighted by molar-refractivity contribution is -0.114. The predicted octanol–water partition coefficient (Wildman–Crippen LogP) is 3.43. The van der Waals surface area contributed by atoms with Crippen molar-refractivity contribution in [1.82, 2.24) is 4.90 Å². The van der Waals surface area contributed by atoms with Gasteiger partial charge in [0.25, 0.3) is 5.91 Å². The molecule has 1 saturated heterocycles. The highest BCUT2D eigenvalue weighted by Gasteiger charge is 2.36. The number of hydrogen-bond donors (Lipinski definition) is 0. The molecule has 1 heterocycles. The minimum Gasteiger partial charge on any atom is -0.317 e. The number of para-hydroxylation sites is 1. The second-order valence-electron chi connectivity index (χ2n) is 4.90. The Bertz CT molecular complexity index is 756. The summed E-state index contributed by atoms with van der Waals surface area (Å²) in [7, 11) is 1.75. The van der Waals surface area contributed by atoms with Gasteiger partial charge in [0.1, 0.15) is 11.5 Å². The molecule has 0 aromatic heterocycles. The van der Waals surface area contributed by atoms with Crippen LogP contribution in [-0.4, -0.2) is 23.0 Å². The lowest BCUT2D eigenvalue weighted by Crippen LogP contribution is -2.30. The monoisotopic (exact) mass is 312 g/mol. The first-order chi connectivity index (χ1) is 10.6. The van der Waals surface area contributed by atoms with Crippen LogP contribution in [0.4, 0.5) is 10.1 Å². The number of halogens is 1. The van der Waals surface area contributed by atoms with E-state index < -0.39 is 0 Å². The maximum atomic E-state index is 13.0. The van der Waals surface area contributed by atoms with Crippen molar-refractivity contribution in [1.29, 1.82) is 0 Å². The van der Waals surface area contributed by atoms with Gasteiger partial charge in [-0.2, -0.15) is 0 Å². The van der Waals surface area contributed by atoms with Crippen LogP contribution in [0.25, 0.3) is 6.08 Å². The Balaban J connectivity index is 1.99. The number of rotatable bonds is 2. The number of carbonyl (C=O) groups excluding carboxylic acids is 1. The number of thiocarbonyl (C=S) groups is 1. The summed E-state index contributed by atoms with van der Waals surface area (Å²) in [5.41, 5.74) is 1.93. The molecule has 1 amide bonds. The molecule has 3 nitrogen and oxygen atoms in total. The number of nitrogens with zero attached hydrogens (tertiary/aromatic N) is 2. The van der Waals surface area contributed by atoms with Crippen molar-refractivity contribution in [3.8, 4) is 0 Å². The topological polar surface area (TPSA) is 23.6 Å². The molecule has 2 aromatic rings. The van der Waals surface area contributed by atoms with E-state index in [4.69, 9.17) is 12.2 Å². The third kappa shape index (κ3) is 2.51. The number of amides is 1. The zero-order valence-corrected chi connectivity index (χ0v) is 12.7. The highest BCUT2D eigenvalue weighted by atomic mass is 32.1. The Hall–Kier alpha value is -2.53. The van der Waals surface area contributed by atoms with Crippen LogP contribution >= 0.6 is 12.2 Å². The van der Waals surface area contributed by atoms with Crippen molar-refractivity contribution in [2.45, 2.75) is 0 Å². The molecule has 0 atom stereocenters. The van der Waals surface area contributed by atoms with E-state index in [2.05, 4.69) is 0 Å². The lowest BCUT2D eigenvalue weighted by Gasteiger charge is -2.16. The van der Waals surface area contributed by atoms with Gasteiger partial charge in [-0.3, -0.25) is 9.69 Å². The van der Waals surface area contributed by atoms with E-state index in [1.54, 1.807) is 30.2 Å². The number of carbonyl (C=O) groups is 1. The number of hydrogen-bond acceptors (Lipinski definition) is 2. The zero-order chi connectivity index (χ0) is 15.7. The molecule has 0 unspecified atom stereocenters. The maximum absolute atomic E-state index is 13.0. The van der Waals surface area contributed by atoms with E-state index in [0.717, 1.165) is 11.3 Å². The zero-order valence-electron chi connectivity index (χ0n) is 11.9. The smallest absolute Gasteiger partial charge is 0.281 e. The predicted molar refractivity (Wildman–Crippen MR) is 88.7 cm³/mol. The molecule has 1 aliphatic heterocycles. The van der Waals surface area contributed by atoms with Crippen LogP contribution in [0.1, 0.15) is 5.56 Å². The molecule has 1 fully saturated rings. The Morgan fingerprint density at radius 3 is 2.32 bits per heavy atom. The largest absolute Gasteiger partial charge is 0.317 e. The molecule has 5 heteroatoms. The summed E-state index contributed by atoms with van der Waals surface area (Å²) in [5.74, 6) is -0.502. The molecule has 0 N–H and O–H groups in total. The van der Waals surface area contributed by atoms with Crippen LogP contribution in [0, 0.1) is 5.82 Å². The van der Waals surface area contributed by atoms with E-state index in [1.165, 1.54) is 17.0 Å². The van der Waals surface area contributed by atoms with Crippen LogP contribution in [0.15, 0.2) is 60.3 Å². The fourth-order valence-electron chi connectivity index (χ4n) is 2.28. The average molecular weight is 312 g/mol. The van der Waals surface area contributed by atoms with Gasteiger partial charge >= 0.3 is 0 Å². The van der Waals surface area contributed by atoms with Crippen molar-refractivity contribution >= 4 is 35.0 Å². The summed E-state index contributed by atoms with van der Waals surface area (Å²) < 4.78 is 13.0. The quantitative estimate of drug-likeness (QED) is 0.627. The van der Waals surface area contributed by atoms with E-state index >= 15 is 0 Å². The average Bonchev–Trinajstić information content (AvgIpc) is 2.74. The minimum absolute atomic E-state index is 0.192. The lowest BCUT2D eigenvalue weighted by atomic mass is 10.2. The van der Waals surface area contributed by atoms with Gasteiger partial charge in [-0.1, -0.05) is 30.3 Å². The van der Waals surface area contributed by atoms with Crippen molar-refractivity contribution in [2.24, 2.45) is 0 Å². The van der Waals surface area contributed by atoms with Gasteiger partial charge < -0.3 is 4.90 Å². The molecule has 0 spiro atoms. The number of likely N-dealkylation sites (N-methyl/N-ethyl adjacent to an activating group) is 1. The normalized spacial score (nSPS) is 16.7. The summed E-state index contributed by atoms with van der Waals surface area (Å²) in [6.45, 7) is 0. The van der Waals surface area contributed by atoms with E-state index in [0.29, 0.717) is 10.8 Å². The third-order valence-corrected chi connectivity index (χ3v) is 3.91. The van der Waals surface area contributed by atoms with Gasteiger partial charge in [0, 0.05) is 7.05 Å². The summed E-state index contributed by atoms with van der Waals surface area (Å²) in [4.78, 5) is 15.8. The van der Waals surface area contributed by atoms with Crippen LogP contribution in [0.2, 0.25) is 0 Å².